The van der Waals surface area contributed by atoms with Gasteiger partial charge in [0.2, 0.25) is 0 Å². The first-order chi connectivity index (χ1) is 8.45. The first-order valence-electron chi connectivity index (χ1n) is 5.01. The molecule has 0 aliphatic heterocycles. The highest BCUT2D eigenvalue weighted by molar-refractivity contribution is 5.58. The van der Waals surface area contributed by atoms with E-state index in [2.05, 4.69) is 4.74 Å². The molecule has 1 rings (SSSR count). The molecule has 18 heavy (non-hydrogen) atoms. The summed E-state index contributed by atoms with van der Waals surface area (Å²) in [5.74, 6) is -0.367. The lowest BCUT2D eigenvalue weighted by atomic mass is 10.2. The van der Waals surface area contributed by atoms with Crippen molar-refractivity contribution in [3.05, 3.63) is 35.9 Å². The van der Waals surface area contributed by atoms with Crippen molar-refractivity contribution in [1.82, 2.24) is 0 Å². The van der Waals surface area contributed by atoms with Crippen molar-refractivity contribution in [2.45, 2.75) is 19.0 Å². The molecule has 0 atom stereocenters. The van der Waals surface area contributed by atoms with Gasteiger partial charge in [0, 0.05) is 6.42 Å². The van der Waals surface area contributed by atoms with Crippen LogP contribution in [0.5, 0.6) is 5.75 Å². The molecule has 0 saturated carbocycles. The zero-order chi connectivity index (χ0) is 13.6. The van der Waals surface area contributed by atoms with Crippen LogP contribution in [0.2, 0.25) is 0 Å². The van der Waals surface area contributed by atoms with E-state index in [-0.39, 0.29) is 12.2 Å². The van der Waals surface area contributed by atoms with E-state index in [9.17, 15) is 22.4 Å². The van der Waals surface area contributed by atoms with Gasteiger partial charge in [-0.3, -0.25) is 0 Å². The van der Waals surface area contributed by atoms with E-state index < -0.39 is 12.5 Å². The average molecular weight is 262 g/mol. The molecule has 0 heterocycles. The summed E-state index contributed by atoms with van der Waals surface area (Å²) in [7, 11) is 0. The fourth-order valence-corrected chi connectivity index (χ4v) is 1.14. The van der Waals surface area contributed by atoms with Gasteiger partial charge >= 0.3 is 12.5 Å². The Labute approximate surface area is 101 Å². The van der Waals surface area contributed by atoms with Crippen molar-refractivity contribution in [2.75, 3.05) is 0 Å². The minimum Gasteiger partial charge on any atom is -0.428 e. The maximum absolute atomic E-state index is 12.6. The van der Waals surface area contributed by atoms with E-state index in [1.165, 1.54) is 24.3 Å². The lowest BCUT2D eigenvalue weighted by molar-refractivity contribution is -0.253. The van der Waals surface area contributed by atoms with E-state index in [0.717, 1.165) is 6.07 Å². The second-order valence-corrected chi connectivity index (χ2v) is 3.34. The van der Waals surface area contributed by atoms with Gasteiger partial charge < -0.3 is 9.53 Å². The molecule has 6 heteroatoms. The van der Waals surface area contributed by atoms with Crippen LogP contribution in [-0.2, 0) is 4.79 Å². The third kappa shape index (κ3) is 4.20. The lowest BCUT2D eigenvalue weighted by Crippen LogP contribution is -2.33. The van der Waals surface area contributed by atoms with Crippen molar-refractivity contribution in [2.24, 2.45) is 0 Å². The fraction of sp³-hybridized carbons (Fsp3) is 0.250. The highest BCUT2D eigenvalue weighted by Crippen LogP contribution is 2.27. The number of halogens is 4. The highest BCUT2D eigenvalue weighted by Gasteiger charge is 2.43. The number of allylic oxidation sites excluding steroid dienone is 1. The molecule has 0 unspecified atom stereocenters. The zero-order valence-corrected chi connectivity index (χ0v) is 9.15. The number of aldehydes is 1. The van der Waals surface area contributed by atoms with Gasteiger partial charge in [0.15, 0.2) is 0 Å². The predicted octanol–water partition coefficient (Wildman–Crippen LogP) is 3.53. The van der Waals surface area contributed by atoms with E-state index in [1.807, 2.05) is 0 Å². The fourth-order valence-electron chi connectivity index (χ4n) is 1.14. The second kappa shape index (κ2) is 6.18. The van der Waals surface area contributed by atoms with Crippen LogP contribution in [0.1, 0.15) is 12.0 Å². The molecule has 0 amide bonds. The first-order valence-corrected chi connectivity index (χ1v) is 5.01. The molecular formula is C12H10F4O2. The summed E-state index contributed by atoms with van der Waals surface area (Å²) in [5.41, 5.74) is 0.472. The Hall–Kier alpha value is -1.85. The molecule has 2 nitrogen and oxygen atoms in total. The quantitative estimate of drug-likeness (QED) is 0.579. The van der Waals surface area contributed by atoms with E-state index >= 15 is 0 Å². The smallest absolute Gasteiger partial charge is 0.428 e. The number of hydrogen-bond donors (Lipinski definition) is 0. The van der Waals surface area contributed by atoms with Crippen LogP contribution in [0.3, 0.4) is 0 Å². The predicted molar refractivity (Wildman–Crippen MR) is 57.7 cm³/mol. The van der Waals surface area contributed by atoms with Crippen LogP contribution in [0.15, 0.2) is 30.3 Å². The lowest BCUT2D eigenvalue weighted by Gasteiger charge is -2.16. The molecule has 0 aliphatic rings. The third-order valence-corrected chi connectivity index (χ3v) is 1.91. The second-order valence-electron chi connectivity index (χ2n) is 3.34. The van der Waals surface area contributed by atoms with Crippen molar-refractivity contribution in [1.29, 1.82) is 0 Å². The Bertz CT molecular complexity index is 430. The average Bonchev–Trinajstić information content (AvgIpc) is 2.29. The minimum absolute atomic E-state index is 0.179. The van der Waals surface area contributed by atoms with E-state index in [1.54, 1.807) is 6.07 Å². The minimum atomic E-state index is -4.52. The van der Waals surface area contributed by atoms with Crippen molar-refractivity contribution >= 4 is 12.4 Å². The standard InChI is InChI=1S/C12H10F4O2/c13-11(14)12(15,16)18-10-6-3-5-9(8-10)4-1-2-7-17/h1,3-8,11H,2H2. The Morgan fingerprint density at radius 1 is 1.33 bits per heavy atom. The molecular weight excluding hydrogens is 252 g/mol. The maximum Gasteiger partial charge on any atom is 0.461 e. The number of alkyl halides is 4. The van der Waals surface area contributed by atoms with Crippen LogP contribution in [0, 0.1) is 0 Å². The van der Waals surface area contributed by atoms with E-state index in [4.69, 9.17) is 0 Å². The van der Waals surface area contributed by atoms with Gasteiger partial charge in [0.25, 0.3) is 0 Å². The van der Waals surface area contributed by atoms with Crippen molar-refractivity contribution in [3.8, 4) is 5.75 Å². The molecule has 0 radical (unpaired) electrons. The Morgan fingerprint density at radius 2 is 2.06 bits per heavy atom. The van der Waals surface area contributed by atoms with Gasteiger partial charge in [-0.25, -0.2) is 0 Å². The molecule has 0 saturated heterocycles. The van der Waals surface area contributed by atoms with Gasteiger partial charge in [-0.1, -0.05) is 24.3 Å². The Morgan fingerprint density at radius 3 is 2.67 bits per heavy atom. The van der Waals surface area contributed by atoms with Crippen molar-refractivity contribution < 1.29 is 27.1 Å². The largest absolute Gasteiger partial charge is 0.461 e. The molecule has 0 bridgehead atoms. The summed E-state index contributed by atoms with van der Waals surface area (Å²) in [6.45, 7) is 0. The van der Waals surface area contributed by atoms with Crippen LogP contribution in [-0.4, -0.2) is 18.8 Å². The highest BCUT2D eigenvalue weighted by atomic mass is 19.3. The zero-order valence-electron chi connectivity index (χ0n) is 9.15. The molecule has 98 valence electrons. The summed E-state index contributed by atoms with van der Waals surface area (Å²) in [6.07, 6.45) is -4.56. The number of carbonyl (C=O) groups is 1. The Kier molecular flexibility index (Phi) is 4.88. The number of hydrogen-bond acceptors (Lipinski definition) is 2. The van der Waals surface area contributed by atoms with Gasteiger partial charge in [-0.2, -0.15) is 17.6 Å². The summed E-state index contributed by atoms with van der Waals surface area (Å²) in [4.78, 5) is 10.1. The van der Waals surface area contributed by atoms with Gasteiger partial charge in [-0.05, 0) is 17.7 Å². The molecule has 0 aromatic heterocycles. The summed E-state index contributed by atoms with van der Waals surface area (Å²) < 4.78 is 53.0. The van der Waals surface area contributed by atoms with Crippen LogP contribution in [0.25, 0.3) is 6.08 Å². The topological polar surface area (TPSA) is 26.3 Å². The maximum atomic E-state index is 12.6. The third-order valence-electron chi connectivity index (χ3n) is 1.91. The van der Waals surface area contributed by atoms with E-state index in [0.29, 0.717) is 11.8 Å². The molecule has 1 aromatic carbocycles. The van der Waals surface area contributed by atoms with Gasteiger partial charge in [-0.15, -0.1) is 0 Å². The molecule has 0 spiro atoms. The monoisotopic (exact) mass is 262 g/mol. The van der Waals surface area contributed by atoms with Crippen molar-refractivity contribution in [3.63, 3.8) is 0 Å². The Balaban J connectivity index is 2.79. The van der Waals surface area contributed by atoms with Crippen LogP contribution < -0.4 is 4.74 Å². The number of benzene rings is 1. The first kappa shape index (κ1) is 14.2. The summed E-state index contributed by atoms with van der Waals surface area (Å²) in [5, 5.41) is 0. The summed E-state index contributed by atoms with van der Waals surface area (Å²) >= 11 is 0. The number of rotatable bonds is 6. The SMILES string of the molecule is O=CCC=Cc1cccc(OC(F)(F)C(F)F)c1. The normalized spacial score (nSPS) is 12.1. The molecule has 1 aromatic rings. The molecule has 0 aliphatic carbocycles. The summed E-state index contributed by atoms with van der Waals surface area (Å²) in [6, 6.07) is 5.27. The van der Waals surface area contributed by atoms with Crippen LogP contribution >= 0.6 is 0 Å². The van der Waals surface area contributed by atoms with Gasteiger partial charge in [0.05, 0.1) is 0 Å². The number of carbonyl (C=O) groups excluding carboxylic acids is 1. The van der Waals surface area contributed by atoms with Crippen LogP contribution in [0.4, 0.5) is 17.6 Å². The number of ether oxygens (including phenoxy) is 1. The molecule has 0 fully saturated rings. The van der Waals surface area contributed by atoms with Gasteiger partial charge in [0.1, 0.15) is 12.0 Å². The molecule has 0 N–H and O–H groups in total.